The Bertz CT molecular complexity index is 929. The molecule has 8 N–H and O–H groups in total. The molecule has 0 aliphatic carbocycles. The maximum atomic E-state index is 13.0. The van der Waals surface area contributed by atoms with E-state index in [0.717, 1.165) is 0 Å². The Morgan fingerprint density at radius 1 is 0.800 bits per heavy atom. The summed E-state index contributed by atoms with van der Waals surface area (Å²) in [6.45, 7) is 0. The first-order valence-corrected chi connectivity index (χ1v) is 11.1. The second-order valence-electron chi connectivity index (χ2n) is 7.53. The molecule has 4 unspecified atom stereocenters. The van der Waals surface area contributed by atoms with Gasteiger partial charge < -0.3 is 37.0 Å². The van der Waals surface area contributed by atoms with Crippen LogP contribution in [0.4, 0.5) is 0 Å². The number of carbonyl (C=O) groups is 6. The fraction of sp³-hybridized carbons (Fsp3) is 0.429. The largest absolute Gasteiger partial charge is 0.481 e. The van der Waals surface area contributed by atoms with Crippen molar-refractivity contribution in [2.75, 3.05) is 5.75 Å². The Kier molecular flexibility index (Phi) is 12.2. The molecule has 14 heteroatoms. The average Bonchev–Trinajstić information content (AvgIpc) is 2.79. The van der Waals surface area contributed by atoms with E-state index in [1.165, 1.54) is 0 Å². The molecule has 0 spiro atoms. The zero-order valence-corrected chi connectivity index (χ0v) is 19.4. The number of carbonyl (C=O) groups excluding carboxylic acids is 3. The van der Waals surface area contributed by atoms with Gasteiger partial charge in [0.1, 0.15) is 18.1 Å². The van der Waals surface area contributed by atoms with E-state index in [2.05, 4.69) is 23.3 Å². The van der Waals surface area contributed by atoms with Crippen LogP contribution in [0.15, 0.2) is 30.3 Å². The predicted molar refractivity (Wildman–Crippen MR) is 125 cm³/mol. The Hall–Kier alpha value is -3.65. The average molecular weight is 513 g/mol. The Morgan fingerprint density at radius 3 is 1.86 bits per heavy atom. The van der Waals surface area contributed by atoms with Gasteiger partial charge in [-0.25, -0.2) is 4.79 Å². The number of aliphatic carboxylic acids is 3. The van der Waals surface area contributed by atoms with Crippen LogP contribution in [0.5, 0.6) is 0 Å². The molecule has 4 atom stereocenters. The normalized spacial score (nSPS) is 14.0. The maximum Gasteiger partial charge on any atom is 0.326 e. The molecule has 35 heavy (non-hydrogen) atoms. The van der Waals surface area contributed by atoms with Gasteiger partial charge in [-0.3, -0.25) is 24.0 Å². The summed E-state index contributed by atoms with van der Waals surface area (Å²) in [6, 6.07) is 3.07. The number of carboxylic acid groups (broad SMARTS) is 3. The van der Waals surface area contributed by atoms with Crippen LogP contribution in [0.1, 0.15) is 24.8 Å². The van der Waals surface area contributed by atoms with Crippen molar-refractivity contribution in [1.82, 2.24) is 16.0 Å². The number of nitrogens with two attached hydrogens (primary N) is 1. The van der Waals surface area contributed by atoms with Gasteiger partial charge in [0.15, 0.2) is 0 Å². The van der Waals surface area contributed by atoms with Gasteiger partial charge >= 0.3 is 17.9 Å². The van der Waals surface area contributed by atoms with Crippen molar-refractivity contribution in [2.45, 2.75) is 49.9 Å². The molecule has 1 aromatic rings. The van der Waals surface area contributed by atoms with Crippen LogP contribution in [-0.2, 0) is 35.2 Å². The van der Waals surface area contributed by atoms with E-state index in [0.29, 0.717) is 5.56 Å². The van der Waals surface area contributed by atoms with Crippen LogP contribution < -0.4 is 21.7 Å². The zero-order chi connectivity index (χ0) is 26.5. The topological polar surface area (TPSA) is 225 Å². The lowest BCUT2D eigenvalue weighted by atomic mass is 10.0. The molecule has 0 aliphatic heterocycles. The summed E-state index contributed by atoms with van der Waals surface area (Å²) in [5, 5.41) is 33.5. The minimum absolute atomic E-state index is 0.00173. The highest BCUT2D eigenvalue weighted by Gasteiger charge is 2.30. The summed E-state index contributed by atoms with van der Waals surface area (Å²) in [7, 11) is 0. The van der Waals surface area contributed by atoms with Crippen molar-refractivity contribution in [3.05, 3.63) is 35.9 Å². The van der Waals surface area contributed by atoms with Gasteiger partial charge in [-0.15, -0.1) is 0 Å². The third-order valence-corrected chi connectivity index (χ3v) is 5.10. The Balaban J connectivity index is 2.98. The van der Waals surface area contributed by atoms with Crippen LogP contribution >= 0.6 is 12.6 Å². The first kappa shape index (κ1) is 29.4. The molecule has 0 saturated carbocycles. The molecule has 0 bridgehead atoms. The van der Waals surface area contributed by atoms with Gasteiger partial charge in [-0.1, -0.05) is 30.3 Å². The Labute approximate surface area is 205 Å². The van der Waals surface area contributed by atoms with Gasteiger partial charge in [-0.05, 0) is 12.0 Å². The predicted octanol–water partition coefficient (Wildman–Crippen LogP) is -1.64. The van der Waals surface area contributed by atoms with Gasteiger partial charge in [0.05, 0.1) is 12.5 Å². The second kappa shape index (κ2) is 14.6. The molecule has 1 rings (SSSR count). The second-order valence-corrected chi connectivity index (χ2v) is 7.90. The summed E-state index contributed by atoms with van der Waals surface area (Å²) in [6.07, 6.45) is -1.40. The van der Waals surface area contributed by atoms with E-state index in [9.17, 15) is 28.8 Å². The monoisotopic (exact) mass is 512 g/mol. The van der Waals surface area contributed by atoms with E-state index in [4.69, 9.17) is 21.1 Å². The van der Waals surface area contributed by atoms with Gasteiger partial charge in [-0.2, -0.15) is 12.6 Å². The molecular weight excluding hydrogens is 484 g/mol. The van der Waals surface area contributed by atoms with Crippen LogP contribution in [0.25, 0.3) is 0 Å². The van der Waals surface area contributed by atoms with E-state index < -0.39 is 66.2 Å². The van der Waals surface area contributed by atoms with Crippen LogP contribution in [0.2, 0.25) is 0 Å². The lowest BCUT2D eigenvalue weighted by molar-refractivity contribution is -0.147. The van der Waals surface area contributed by atoms with Crippen molar-refractivity contribution in [1.29, 1.82) is 0 Å². The summed E-state index contributed by atoms with van der Waals surface area (Å²) in [4.78, 5) is 70.7. The quantitative estimate of drug-likeness (QED) is 0.125. The minimum Gasteiger partial charge on any atom is -0.481 e. The number of amides is 3. The van der Waals surface area contributed by atoms with Gasteiger partial charge in [0.25, 0.3) is 0 Å². The smallest absolute Gasteiger partial charge is 0.326 e. The molecule has 0 aliphatic rings. The third-order valence-electron chi connectivity index (χ3n) is 4.73. The number of nitrogens with one attached hydrogen (secondary N) is 3. The highest BCUT2D eigenvalue weighted by molar-refractivity contribution is 7.80. The van der Waals surface area contributed by atoms with E-state index in [-0.39, 0.29) is 25.0 Å². The SMILES string of the molecule is NC(CCC(=O)O)C(=O)NC(Cc1ccccc1)C(=O)NC(CS)C(=O)NC(CC(=O)O)C(=O)O. The molecule has 13 nitrogen and oxygen atoms in total. The molecule has 0 fully saturated rings. The summed E-state index contributed by atoms with van der Waals surface area (Å²) in [5.74, 6) is -7.00. The first-order valence-electron chi connectivity index (χ1n) is 10.4. The maximum absolute atomic E-state index is 13.0. The molecule has 0 heterocycles. The van der Waals surface area contributed by atoms with Gasteiger partial charge in [0, 0.05) is 18.6 Å². The van der Waals surface area contributed by atoms with Crippen LogP contribution in [-0.4, -0.2) is 80.9 Å². The highest BCUT2D eigenvalue weighted by Crippen LogP contribution is 2.06. The van der Waals surface area contributed by atoms with Crippen molar-refractivity contribution in [2.24, 2.45) is 5.73 Å². The van der Waals surface area contributed by atoms with E-state index in [1.54, 1.807) is 30.3 Å². The molecule has 3 amide bonds. The summed E-state index contributed by atoms with van der Waals surface area (Å²) >= 11 is 3.99. The number of hydrogen-bond acceptors (Lipinski definition) is 8. The first-order chi connectivity index (χ1) is 16.4. The highest BCUT2D eigenvalue weighted by atomic mass is 32.1. The van der Waals surface area contributed by atoms with Crippen LogP contribution in [0.3, 0.4) is 0 Å². The Morgan fingerprint density at radius 2 is 1.34 bits per heavy atom. The fourth-order valence-corrected chi connectivity index (χ4v) is 3.12. The molecule has 0 radical (unpaired) electrons. The molecule has 0 saturated heterocycles. The standard InChI is InChI=1S/C21H28N4O9S/c22-12(6-7-16(26)27)18(30)23-13(8-11-4-2-1-3-5-11)19(31)25-15(10-35)20(32)24-14(21(33)34)9-17(28)29/h1-5,12-15,35H,6-10,22H2,(H,23,30)(H,24,32)(H,25,31)(H,26,27)(H,28,29)(H,33,34). The van der Waals surface area contributed by atoms with E-state index in [1.807, 2.05) is 5.32 Å². The summed E-state index contributed by atoms with van der Waals surface area (Å²) < 4.78 is 0. The van der Waals surface area contributed by atoms with Crippen molar-refractivity contribution in [3.63, 3.8) is 0 Å². The number of hydrogen-bond donors (Lipinski definition) is 8. The van der Waals surface area contributed by atoms with E-state index >= 15 is 0 Å². The lowest BCUT2D eigenvalue weighted by Crippen LogP contribution is -2.58. The number of thiol groups is 1. The third kappa shape index (κ3) is 10.9. The molecule has 192 valence electrons. The fourth-order valence-electron chi connectivity index (χ4n) is 2.86. The van der Waals surface area contributed by atoms with Gasteiger partial charge in [0.2, 0.25) is 17.7 Å². The zero-order valence-electron chi connectivity index (χ0n) is 18.5. The summed E-state index contributed by atoms with van der Waals surface area (Å²) in [5.41, 5.74) is 6.38. The number of carboxylic acids is 3. The van der Waals surface area contributed by atoms with Crippen molar-refractivity contribution < 1.29 is 44.1 Å². The molecule has 1 aromatic carbocycles. The van der Waals surface area contributed by atoms with Crippen LogP contribution in [0, 0.1) is 0 Å². The molecule has 0 aromatic heterocycles. The molecular formula is C21H28N4O9S. The van der Waals surface area contributed by atoms with Crippen molar-refractivity contribution >= 4 is 48.3 Å². The number of rotatable bonds is 15. The van der Waals surface area contributed by atoms with Crippen molar-refractivity contribution in [3.8, 4) is 0 Å². The number of benzene rings is 1. The minimum atomic E-state index is -1.73. The lowest BCUT2D eigenvalue weighted by Gasteiger charge is -2.24.